The summed E-state index contributed by atoms with van der Waals surface area (Å²) in [5.41, 5.74) is 0.424. The first-order chi connectivity index (χ1) is 12.6. The van der Waals surface area contributed by atoms with Crippen LogP contribution in [-0.4, -0.2) is 47.9 Å². The number of hydrogen-bond donors (Lipinski definition) is 2. The van der Waals surface area contributed by atoms with E-state index in [2.05, 4.69) is 41.3 Å². The van der Waals surface area contributed by atoms with E-state index in [-0.39, 0.29) is 5.91 Å². The van der Waals surface area contributed by atoms with Gasteiger partial charge in [0.1, 0.15) is 0 Å². The van der Waals surface area contributed by atoms with E-state index in [0.717, 1.165) is 25.9 Å². The Hall–Kier alpha value is -2.29. The van der Waals surface area contributed by atoms with Gasteiger partial charge in [-0.2, -0.15) is 4.98 Å². The van der Waals surface area contributed by atoms with E-state index in [0.29, 0.717) is 40.0 Å². The lowest BCUT2D eigenvalue weighted by Crippen LogP contribution is -2.30. The van der Waals surface area contributed by atoms with Crippen molar-refractivity contribution in [1.29, 1.82) is 0 Å². The van der Waals surface area contributed by atoms with Crippen molar-refractivity contribution in [3.05, 3.63) is 22.2 Å². The fourth-order valence-electron chi connectivity index (χ4n) is 2.86. The Morgan fingerprint density at radius 3 is 2.81 bits per heavy atom. The number of ether oxygens (including phenoxy) is 2. The number of halogens is 1. The first-order valence-electron chi connectivity index (χ1n) is 8.61. The van der Waals surface area contributed by atoms with E-state index in [4.69, 9.17) is 9.47 Å². The molecule has 3 rings (SSSR count). The summed E-state index contributed by atoms with van der Waals surface area (Å²) in [4.78, 5) is 19.0. The van der Waals surface area contributed by atoms with Crippen LogP contribution in [0.25, 0.3) is 0 Å². The average Bonchev–Trinajstić information content (AvgIpc) is 3.12. The average molecular weight is 424 g/mol. The normalized spacial score (nSPS) is 14.2. The molecule has 140 valence electrons. The number of carbonyl (C=O) groups excluding carboxylic acids is 1. The topological polar surface area (TPSA) is 92.4 Å². The summed E-state index contributed by atoms with van der Waals surface area (Å²) >= 11 is 3.42. The van der Waals surface area contributed by atoms with Gasteiger partial charge in [0, 0.05) is 18.7 Å². The van der Waals surface area contributed by atoms with Gasteiger partial charge in [-0.1, -0.05) is 0 Å². The Kier molecular flexibility index (Phi) is 5.97. The Balaban J connectivity index is 1.73. The molecule has 0 atom stereocenters. The predicted molar refractivity (Wildman–Crippen MR) is 102 cm³/mol. The number of carbonyl (C=O) groups is 1. The number of hydrogen-bond acceptors (Lipinski definition) is 6. The second-order valence-corrected chi connectivity index (χ2v) is 6.76. The molecule has 9 heteroatoms. The Morgan fingerprint density at radius 1 is 1.35 bits per heavy atom. The lowest BCUT2D eigenvalue weighted by molar-refractivity contribution is 0.102. The van der Waals surface area contributed by atoms with Crippen LogP contribution in [0, 0.1) is 0 Å². The molecule has 1 amide bonds. The SMILES string of the molecule is CCOc1c(Br)cc(C(=O)Nc2nc(N3CCCCC3)n[nH]2)cc1OC. The predicted octanol–water partition coefficient (Wildman–Crippen LogP) is 3.22. The third-order valence-corrected chi connectivity index (χ3v) is 4.71. The van der Waals surface area contributed by atoms with Crippen LogP contribution in [0.3, 0.4) is 0 Å². The largest absolute Gasteiger partial charge is 0.493 e. The number of benzene rings is 1. The van der Waals surface area contributed by atoms with Crippen LogP contribution in [-0.2, 0) is 0 Å². The molecule has 1 aliphatic rings. The van der Waals surface area contributed by atoms with Gasteiger partial charge >= 0.3 is 0 Å². The number of H-pyrrole nitrogens is 1. The number of anilines is 2. The molecule has 26 heavy (non-hydrogen) atoms. The first-order valence-corrected chi connectivity index (χ1v) is 9.40. The van der Waals surface area contributed by atoms with E-state index in [1.807, 2.05) is 6.92 Å². The number of nitrogens with one attached hydrogen (secondary N) is 2. The lowest BCUT2D eigenvalue weighted by atomic mass is 10.1. The number of piperidine rings is 1. The van der Waals surface area contributed by atoms with Crippen molar-refractivity contribution in [2.24, 2.45) is 0 Å². The summed E-state index contributed by atoms with van der Waals surface area (Å²) in [6.45, 7) is 4.26. The van der Waals surface area contributed by atoms with Crippen molar-refractivity contribution in [2.75, 3.05) is 37.0 Å². The quantitative estimate of drug-likeness (QED) is 0.740. The van der Waals surface area contributed by atoms with E-state index in [1.165, 1.54) is 13.5 Å². The second-order valence-electron chi connectivity index (χ2n) is 5.91. The molecule has 8 nitrogen and oxygen atoms in total. The van der Waals surface area contributed by atoms with Crippen molar-refractivity contribution in [3.63, 3.8) is 0 Å². The highest BCUT2D eigenvalue weighted by molar-refractivity contribution is 9.10. The highest BCUT2D eigenvalue weighted by atomic mass is 79.9. The van der Waals surface area contributed by atoms with Crippen molar-refractivity contribution in [3.8, 4) is 11.5 Å². The molecule has 1 aliphatic heterocycles. The van der Waals surface area contributed by atoms with E-state index >= 15 is 0 Å². The number of nitrogens with zero attached hydrogens (tertiary/aromatic N) is 3. The molecule has 2 heterocycles. The molecule has 0 spiro atoms. The van der Waals surface area contributed by atoms with Gasteiger partial charge in [-0.15, -0.1) is 5.10 Å². The molecular weight excluding hydrogens is 402 g/mol. The molecule has 0 saturated carbocycles. The van der Waals surface area contributed by atoms with Crippen LogP contribution in [0.1, 0.15) is 36.5 Å². The maximum absolute atomic E-state index is 12.6. The van der Waals surface area contributed by atoms with Crippen LogP contribution in [0.5, 0.6) is 11.5 Å². The standard InChI is InChI=1S/C17H22BrN5O3/c1-3-26-14-12(18)9-11(10-13(14)25-2)15(24)19-16-20-17(22-21-16)23-7-5-4-6-8-23/h9-10H,3-8H2,1-2H3,(H2,19,20,21,22,24). The minimum Gasteiger partial charge on any atom is -0.493 e. The molecular formula is C17H22BrN5O3. The summed E-state index contributed by atoms with van der Waals surface area (Å²) in [7, 11) is 1.54. The van der Waals surface area contributed by atoms with Gasteiger partial charge in [0.25, 0.3) is 5.91 Å². The first kappa shape index (κ1) is 18.5. The fourth-order valence-corrected chi connectivity index (χ4v) is 3.42. The van der Waals surface area contributed by atoms with E-state index < -0.39 is 0 Å². The molecule has 2 aromatic rings. The van der Waals surface area contributed by atoms with Gasteiger partial charge in [-0.3, -0.25) is 10.1 Å². The highest BCUT2D eigenvalue weighted by Gasteiger charge is 2.18. The Bertz CT molecular complexity index is 774. The molecule has 0 aliphatic carbocycles. The van der Waals surface area contributed by atoms with Gasteiger partial charge in [-0.25, -0.2) is 5.10 Å². The summed E-state index contributed by atoms with van der Waals surface area (Å²) in [6.07, 6.45) is 3.51. The summed E-state index contributed by atoms with van der Waals surface area (Å²) < 4.78 is 11.5. The van der Waals surface area contributed by atoms with Gasteiger partial charge in [-0.05, 0) is 54.2 Å². The number of methoxy groups -OCH3 is 1. The molecule has 2 N–H and O–H groups in total. The van der Waals surface area contributed by atoms with Crippen LogP contribution in [0.2, 0.25) is 0 Å². The molecule has 1 aromatic carbocycles. The molecule has 1 fully saturated rings. The van der Waals surface area contributed by atoms with Crippen LogP contribution < -0.4 is 19.7 Å². The highest BCUT2D eigenvalue weighted by Crippen LogP contribution is 2.36. The maximum Gasteiger partial charge on any atom is 0.258 e. The summed E-state index contributed by atoms with van der Waals surface area (Å²) in [6, 6.07) is 3.32. The second kappa shape index (κ2) is 8.39. The lowest BCUT2D eigenvalue weighted by Gasteiger charge is -2.24. The molecule has 0 bridgehead atoms. The fraction of sp³-hybridized carbons (Fsp3) is 0.471. The molecule has 1 aromatic heterocycles. The summed E-state index contributed by atoms with van der Waals surface area (Å²) in [5, 5.41) is 9.71. The van der Waals surface area contributed by atoms with Crippen LogP contribution in [0.15, 0.2) is 16.6 Å². The minimum atomic E-state index is -0.312. The monoisotopic (exact) mass is 423 g/mol. The smallest absolute Gasteiger partial charge is 0.258 e. The van der Waals surface area contributed by atoms with Gasteiger partial charge in [0.15, 0.2) is 11.5 Å². The minimum absolute atomic E-state index is 0.312. The van der Waals surface area contributed by atoms with Gasteiger partial charge in [0.2, 0.25) is 11.9 Å². The van der Waals surface area contributed by atoms with E-state index in [1.54, 1.807) is 12.1 Å². The van der Waals surface area contributed by atoms with Crippen molar-refractivity contribution < 1.29 is 14.3 Å². The number of aromatic amines is 1. The molecule has 1 saturated heterocycles. The van der Waals surface area contributed by atoms with Crippen LogP contribution >= 0.6 is 15.9 Å². The van der Waals surface area contributed by atoms with Crippen LogP contribution in [0.4, 0.5) is 11.9 Å². The van der Waals surface area contributed by atoms with Gasteiger partial charge in [0.05, 0.1) is 18.2 Å². The zero-order chi connectivity index (χ0) is 18.5. The van der Waals surface area contributed by atoms with E-state index in [9.17, 15) is 4.79 Å². The summed E-state index contributed by atoms with van der Waals surface area (Å²) in [5.74, 6) is 1.68. The Labute approximate surface area is 160 Å². The zero-order valence-electron chi connectivity index (χ0n) is 14.8. The zero-order valence-corrected chi connectivity index (χ0v) is 16.4. The number of amides is 1. The van der Waals surface area contributed by atoms with Crippen molar-refractivity contribution in [2.45, 2.75) is 26.2 Å². The third-order valence-electron chi connectivity index (χ3n) is 4.12. The van der Waals surface area contributed by atoms with Crippen molar-refractivity contribution >= 4 is 33.7 Å². The number of rotatable bonds is 6. The Morgan fingerprint density at radius 2 is 2.12 bits per heavy atom. The van der Waals surface area contributed by atoms with Crippen molar-refractivity contribution in [1.82, 2.24) is 15.2 Å². The molecule has 0 radical (unpaired) electrons. The number of aromatic nitrogens is 3. The van der Waals surface area contributed by atoms with Gasteiger partial charge < -0.3 is 14.4 Å². The maximum atomic E-state index is 12.6. The third kappa shape index (κ3) is 4.09. The molecule has 0 unspecified atom stereocenters.